The molecule has 1 N–H and O–H groups in total. The molecule has 0 bridgehead atoms. The molecule has 0 amide bonds. The fourth-order valence-electron chi connectivity index (χ4n) is 1.82. The first kappa shape index (κ1) is 15.0. The highest BCUT2D eigenvalue weighted by Crippen LogP contribution is 2.19. The van der Waals surface area contributed by atoms with Crippen LogP contribution in [0.15, 0.2) is 29.2 Å². The maximum atomic E-state index is 12.2. The van der Waals surface area contributed by atoms with E-state index in [1.807, 2.05) is 6.92 Å². The average Bonchev–Trinajstić information content (AvgIpc) is 2.38. The zero-order valence-electron chi connectivity index (χ0n) is 11.1. The third-order valence-corrected chi connectivity index (χ3v) is 4.68. The minimum Gasteiger partial charge on any atom is -0.497 e. The van der Waals surface area contributed by atoms with Crippen LogP contribution in [0.4, 0.5) is 0 Å². The topological polar surface area (TPSA) is 55.4 Å². The van der Waals surface area contributed by atoms with Crippen LogP contribution >= 0.6 is 0 Å². The monoisotopic (exact) mass is 271 g/mol. The lowest BCUT2D eigenvalue weighted by molar-refractivity contribution is 0.413. The zero-order valence-corrected chi connectivity index (χ0v) is 12.0. The van der Waals surface area contributed by atoms with Gasteiger partial charge >= 0.3 is 0 Å². The smallest absolute Gasteiger partial charge is 0.180 e. The van der Waals surface area contributed by atoms with E-state index in [1.54, 1.807) is 31.3 Å². The lowest BCUT2D eigenvalue weighted by atomic mass is 10.2. The van der Waals surface area contributed by atoms with Gasteiger partial charge in [0.1, 0.15) is 5.75 Å². The minimum absolute atomic E-state index is 0.00815. The van der Waals surface area contributed by atoms with Gasteiger partial charge in [0.05, 0.1) is 17.8 Å². The quantitative estimate of drug-likeness (QED) is 0.822. The van der Waals surface area contributed by atoms with Gasteiger partial charge in [-0.2, -0.15) is 0 Å². The fourth-order valence-corrected chi connectivity index (χ4v) is 3.45. The summed E-state index contributed by atoms with van der Waals surface area (Å²) < 4.78 is 29.5. The highest BCUT2D eigenvalue weighted by atomic mass is 32.2. The number of benzene rings is 1. The van der Waals surface area contributed by atoms with Crippen molar-refractivity contribution in [2.75, 3.05) is 19.9 Å². The first-order valence-electron chi connectivity index (χ1n) is 6.07. The molecular weight excluding hydrogens is 250 g/mol. The Morgan fingerprint density at radius 2 is 2.11 bits per heavy atom. The second-order valence-corrected chi connectivity index (χ2v) is 6.27. The summed E-state index contributed by atoms with van der Waals surface area (Å²) in [5, 5.41) is 3.05. The van der Waals surface area contributed by atoms with E-state index in [0.717, 1.165) is 12.8 Å². The van der Waals surface area contributed by atoms with E-state index < -0.39 is 9.84 Å². The summed E-state index contributed by atoms with van der Waals surface area (Å²) in [7, 11) is 0.0512. The third kappa shape index (κ3) is 3.99. The second-order valence-electron chi connectivity index (χ2n) is 4.23. The van der Waals surface area contributed by atoms with Gasteiger partial charge in [0.15, 0.2) is 9.84 Å². The molecule has 1 unspecified atom stereocenters. The normalized spacial score (nSPS) is 13.3. The Balaban J connectivity index is 2.91. The molecule has 0 spiro atoms. The number of hydrogen-bond acceptors (Lipinski definition) is 4. The van der Waals surface area contributed by atoms with Crippen LogP contribution in [-0.4, -0.2) is 34.4 Å². The average molecular weight is 271 g/mol. The molecule has 5 heteroatoms. The number of methoxy groups -OCH3 is 1. The van der Waals surface area contributed by atoms with Gasteiger partial charge in [-0.1, -0.05) is 19.4 Å². The lowest BCUT2D eigenvalue weighted by Gasteiger charge is -2.15. The van der Waals surface area contributed by atoms with E-state index in [9.17, 15) is 8.42 Å². The van der Waals surface area contributed by atoms with Crippen molar-refractivity contribution in [1.82, 2.24) is 5.32 Å². The van der Waals surface area contributed by atoms with E-state index in [4.69, 9.17) is 4.74 Å². The summed E-state index contributed by atoms with van der Waals surface area (Å²) >= 11 is 0. The standard InChI is InChI=1S/C13H21NO3S/c1-4-6-11(14-2)10-18(15,16)13-8-5-7-12(9-13)17-3/h5,7-9,11,14H,4,6,10H2,1-3H3. The summed E-state index contributed by atoms with van der Waals surface area (Å²) in [6.07, 6.45) is 1.80. The Bertz CT molecular complexity index is 471. The maximum absolute atomic E-state index is 12.2. The molecule has 1 atom stereocenters. The summed E-state index contributed by atoms with van der Waals surface area (Å²) in [5.74, 6) is 0.678. The van der Waals surface area contributed by atoms with E-state index in [1.165, 1.54) is 7.11 Å². The molecule has 0 aliphatic heterocycles. The van der Waals surface area contributed by atoms with E-state index in [0.29, 0.717) is 10.6 Å². The molecule has 0 fully saturated rings. The number of sulfone groups is 1. The van der Waals surface area contributed by atoms with Gasteiger partial charge in [0.2, 0.25) is 0 Å². The van der Waals surface area contributed by atoms with Crippen molar-refractivity contribution in [3.8, 4) is 5.75 Å². The number of rotatable bonds is 7. The number of ether oxygens (including phenoxy) is 1. The first-order valence-corrected chi connectivity index (χ1v) is 7.72. The van der Waals surface area contributed by atoms with Crippen molar-refractivity contribution in [3.05, 3.63) is 24.3 Å². The predicted molar refractivity (Wildman–Crippen MR) is 72.8 cm³/mol. The van der Waals surface area contributed by atoms with Crippen LogP contribution in [0.3, 0.4) is 0 Å². The fraction of sp³-hybridized carbons (Fsp3) is 0.538. The highest BCUT2D eigenvalue weighted by Gasteiger charge is 2.20. The van der Waals surface area contributed by atoms with Crippen LogP contribution < -0.4 is 10.1 Å². The zero-order chi connectivity index (χ0) is 13.6. The molecule has 0 heterocycles. The largest absolute Gasteiger partial charge is 0.497 e. The van der Waals surface area contributed by atoms with Crippen LogP contribution in [-0.2, 0) is 9.84 Å². The molecule has 0 aromatic heterocycles. The Morgan fingerprint density at radius 3 is 2.67 bits per heavy atom. The van der Waals surface area contributed by atoms with Crippen molar-refractivity contribution in [2.24, 2.45) is 0 Å². The summed E-state index contributed by atoms with van der Waals surface area (Å²) in [6.45, 7) is 2.04. The lowest BCUT2D eigenvalue weighted by Crippen LogP contribution is -2.32. The first-order chi connectivity index (χ1) is 8.53. The summed E-state index contributed by atoms with van der Waals surface area (Å²) in [5.41, 5.74) is 0. The molecule has 4 nitrogen and oxygen atoms in total. The molecule has 102 valence electrons. The number of hydrogen-bond donors (Lipinski definition) is 1. The van der Waals surface area contributed by atoms with Gasteiger partial charge < -0.3 is 10.1 Å². The van der Waals surface area contributed by atoms with E-state index in [-0.39, 0.29) is 11.8 Å². The molecule has 0 saturated carbocycles. The summed E-state index contributed by atoms with van der Waals surface area (Å²) in [4.78, 5) is 0.318. The van der Waals surface area contributed by atoms with Gasteiger partial charge in [-0.25, -0.2) is 8.42 Å². The Labute approximate surface area is 109 Å². The molecule has 1 rings (SSSR count). The highest BCUT2D eigenvalue weighted by molar-refractivity contribution is 7.91. The second kappa shape index (κ2) is 6.75. The third-order valence-electron chi connectivity index (χ3n) is 2.87. The number of nitrogens with one attached hydrogen (secondary N) is 1. The minimum atomic E-state index is -3.27. The van der Waals surface area contributed by atoms with Crippen molar-refractivity contribution in [2.45, 2.75) is 30.7 Å². The van der Waals surface area contributed by atoms with Gasteiger partial charge in [-0.05, 0) is 31.7 Å². The van der Waals surface area contributed by atoms with E-state index >= 15 is 0 Å². The van der Waals surface area contributed by atoms with Crippen molar-refractivity contribution in [1.29, 1.82) is 0 Å². The van der Waals surface area contributed by atoms with Crippen molar-refractivity contribution >= 4 is 9.84 Å². The van der Waals surface area contributed by atoms with Crippen LogP contribution in [0.2, 0.25) is 0 Å². The Kier molecular flexibility index (Phi) is 5.62. The van der Waals surface area contributed by atoms with Gasteiger partial charge in [-0.3, -0.25) is 0 Å². The molecule has 1 aromatic rings. The molecule has 0 saturated heterocycles. The van der Waals surface area contributed by atoms with Gasteiger partial charge in [-0.15, -0.1) is 0 Å². The molecular formula is C13H21NO3S. The molecule has 1 aromatic carbocycles. The molecule has 0 radical (unpaired) electrons. The van der Waals surface area contributed by atoms with Crippen molar-refractivity contribution in [3.63, 3.8) is 0 Å². The van der Waals surface area contributed by atoms with Gasteiger partial charge in [0.25, 0.3) is 0 Å². The Morgan fingerprint density at radius 1 is 1.39 bits per heavy atom. The SMILES string of the molecule is CCCC(CS(=O)(=O)c1cccc(OC)c1)NC. The Hall–Kier alpha value is -1.07. The molecule has 0 aliphatic rings. The molecule has 0 aliphatic carbocycles. The maximum Gasteiger partial charge on any atom is 0.180 e. The van der Waals surface area contributed by atoms with Crippen LogP contribution in [0, 0.1) is 0 Å². The van der Waals surface area contributed by atoms with Crippen LogP contribution in [0.25, 0.3) is 0 Å². The predicted octanol–water partition coefficient (Wildman–Crippen LogP) is 1.86. The molecule has 18 heavy (non-hydrogen) atoms. The van der Waals surface area contributed by atoms with Gasteiger partial charge in [0, 0.05) is 6.04 Å². The van der Waals surface area contributed by atoms with Crippen LogP contribution in [0.5, 0.6) is 5.75 Å². The van der Waals surface area contributed by atoms with E-state index in [2.05, 4.69) is 5.32 Å². The van der Waals surface area contributed by atoms with Crippen molar-refractivity contribution < 1.29 is 13.2 Å². The summed E-state index contributed by atoms with van der Waals surface area (Å²) in [6, 6.07) is 6.59. The van der Waals surface area contributed by atoms with Crippen LogP contribution in [0.1, 0.15) is 19.8 Å².